The van der Waals surface area contributed by atoms with Gasteiger partial charge in [-0.05, 0) is 42.6 Å². The Kier molecular flexibility index (Phi) is 4.49. The Labute approximate surface area is 168 Å². The van der Waals surface area contributed by atoms with Crippen molar-refractivity contribution < 1.29 is 5.32 Å². The summed E-state index contributed by atoms with van der Waals surface area (Å²) in [7, 11) is 0. The van der Waals surface area contributed by atoms with Crippen molar-refractivity contribution in [2.45, 2.75) is 44.2 Å². The highest BCUT2D eigenvalue weighted by Gasteiger charge is 2.27. The zero-order chi connectivity index (χ0) is 18.5. The summed E-state index contributed by atoms with van der Waals surface area (Å²) in [5, 5.41) is 4.58. The van der Waals surface area contributed by atoms with Crippen LogP contribution in [0.2, 0.25) is 0 Å². The molecule has 4 heterocycles. The van der Waals surface area contributed by atoms with E-state index >= 15 is 0 Å². The Morgan fingerprint density at radius 2 is 1.85 bits per heavy atom. The number of thiophene rings is 1. The van der Waals surface area contributed by atoms with E-state index in [4.69, 9.17) is 15.0 Å². The number of hydrogen-bond donors (Lipinski definition) is 1. The molecule has 3 aromatic heterocycles. The fourth-order valence-electron chi connectivity index (χ4n) is 4.51. The Balaban J connectivity index is 1.82. The van der Waals surface area contributed by atoms with Crippen molar-refractivity contribution in [1.29, 1.82) is 0 Å². The molecule has 5 nitrogen and oxygen atoms in total. The van der Waals surface area contributed by atoms with Crippen LogP contribution < -0.4 is 10.2 Å². The van der Waals surface area contributed by atoms with E-state index in [-0.39, 0.29) is 0 Å². The van der Waals surface area contributed by atoms with Crippen LogP contribution in [0.15, 0.2) is 5.16 Å². The second kappa shape index (κ2) is 6.87. The number of thioether (sulfide) groups is 1. The van der Waals surface area contributed by atoms with E-state index < -0.39 is 0 Å². The predicted octanol–water partition coefficient (Wildman–Crippen LogP) is 2.96. The van der Waals surface area contributed by atoms with E-state index in [0.717, 1.165) is 53.9 Å². The minimum atomic E-state index is 0.469. The molecular weight excluding hydrogens is 374 g/mol. The van der Waals surface area contributed by atoms with E-state index in [2.05, 4.69) is 30.3 Å². The lowest BCUT2D eigenvalue weighted by Crippen LogP contribution is -2.89. The van der Waals surface area contributed by atoms with Gasteiger partial charge in [-0.3, -0.25) is 0 Å². The molecule has 27 heavy (non-hydrogen) atoms. The van der Waals surface area contributed by atoms with Gasteiger partial charge in [0.2, 0.25) is 0 Å². The topological polar surface area (TPSA) is 58.5 Å². The average Bonchev–Trinajstić information content (AvgIpc) is 3.31. The molecule has 142 valence electrons. The summed E-state index contributed by atoms with van der Waals surface area (Å²) in [5.74, 6) is 1.59. The van der Waals surface area contributed by atoms with Gasteiger partial charge in [0, 0.05) is 11.1 Å². The predicted molar refractivity (Wildman–Crippen MR) is 114 cm³/mol. The molecule has 0 unspecified atom stereocenters. The Morgan fingerprint density at radius 1 is 1.07 bits per heavy atom. The van der Waals surface area contributed by atoms with Crippen LogP contribution in [0.4, 0.5) is 5.82 Å². The third-order valence-electron chi connectivity index (χ3n) is 5.76. The molecule has 0 spiro atoms. The van der Waals surface area contributed by atoms with Crippen LogP contribution >= 0.6 is 23.1 Å². The molecule has 0 bridgehead atoms. The fourth-order valence-corrected chi connectivity index (χ4v) is 6.04. The monoisotopic (exact) mass is 400 g/mol. The fraction of sp³-hybridized carbons (Fsp3) is 0.550. The van der Waals surface area contributed by atoms with Crippen LogP contribution in [0.25, 0.3) is 20.4 Å². The van der Waals surface area contributed by atoms with E-state index in [1.165, 1.54) is 39.7 Å². The quantitative estimate of drug-likeness (QED) is 0.541. The maximum Gasteiger partial charge on any atom is 0.189 e. The normalized spacial score (nSPS) is 17.4. The highest BCUT2D eigenvalue weighted by atomic mass is 32.2. The maximum absolute atomic E-state index is 5.14. The molecule has 7 heteroatoms. The van der Waals surface area contributed by atoms with Crippen molar-refractivity contribution in [3.63, 3.8) is 0 Å². The van der Waals surface area contributed by atoms with Crippen molar-refractivity contribution in [3.8, 4) is 0 Å². The largest absolute Gasteiger partial charge is 0.344 e. The Hall–Kier alpha value is -1.44. The number of fused-ring (bicyclic) bond motifs is 5. The zero-order valence-corrected chi connectivity index (χ0v) is 17.8. The lowest BCUT2D eigenvalue weighted by Gasteiger charge is -2.26. The summed E-state index contributed by atoms with van der Waals surface area (Å²) in [4.78, 5) is 18.7. The number of rotatable bonds is 3. The third kappa shape index (κ3) is 2.82. The van der Waals surface area contributed by atoms with Crippen molar-refractivity contribution in [2.75, 3.05) is 37.3 Å². The number of aryl methyl sites for hydroxylation is 1. The summed E-state index contributed by atoms with van der Waals surface area (Å²) in [6, 6.07) is 0. The molecule has 1 saturated heterocycles. The standard InChI is InChI=1S/C20H25N5S2/c1-11(2)15-13-6-4-5-12(13)14-16-17(27-19(14)22-15)18(24-20(23-16)26-3)25-9-7-21-8-10-25/h11,21H,4-10H2,1-3H3/p+1. The molecular formula is C20H26N5S2+. The summed E-state index contributed by atoms with van der Waals surface area (Å²) in [5.41, 5.74) is 5.45. The van der Waals surface area contributed by atoms with Crippen LogP contribution in [0.5, 0.6) is 0 Å². The maximum atomic E-state index is 5.14. The summed E-state index contributed by atoms with van der Waals surface area (Å²) < 4.78 is 1.23. The van der Waals surface area contributed by atoms with Gasteiger partial charge in [-0.25, -0.2) is 15.0 Å². The van der Waals surface area contributed by atoms with Crippen LogP contribution in [-0.4, -0.2) is 47.4 Å². The first kappa shape index (κ1) is 17.6. The SMILES string of the molecule is CSc1nc(N2CC[NH2+]CC2)c2sc3nc(C(C)C)c4c(c3c2n1)CCC4. The first-order valence-corrected chi connectivity index (χ1v) is 12.0. The van der Waals surface area contributed by atoms with Crippen molar-refractivity contribution in [3.05, 3.63) is 16.8 Å². The Bertz CT molecular complexity index is 1020. The molecule has 3 aromatic rings. The molecule has 0 atom stereocenters. The number of quaternary nitrogens is 1. The second-order valence-electron chi connectivity index (χ2n) is 7.81. The zero-order valence-electron chi connectivity index (χ0n) is 16.2. The van der Waals surface area contributed by atoms with E-state index in [0.29, 0.717) is 5.92 Å². The number of aromatic nitrogens is 3. The molecule has 0 saturated carbocycles. The molecule has 0 aromatic carbocycles. The molecule has 0 radical (unpaired) electrons. The minimum Gasteiger partial charge on any atom is -0.344 e. The van der Waals surface area contributed by atoms with E-state index in [9.17, 15) is 0 Å². The van der Waals surface area contributed by atoms with Gasteiger partial charge in [0.25, 0.3) is 0 Å². The first-order chi connectivity index (χ1) is 13.2. The molecule has 5 rings (SSSR count). The van der Waals surface area contributed by atoms with E-state index in [1.54, 1.807) is 23.1 Å². The first-order valence-electron chi connectivity index (χ1n) is 9.94. The minimum absolute atomic E-state index is 0.469. The Morgan fingerprint density at radius 3 is 2.59 bits per heavy atom. The number of hydrogen-bond acceptors (Lipinski definition) is 6. The van der Waals surface area contributed by atoms with Gasteiger partial charge in [-0.2, -0.15) is 0 Å². The summed E-state index contributed by atoms with van der Waals surface area (Å²) >= 11 is 3.44. The smallest absolute Gasteiger partial charge is 0.189 e. The average molecular weight is 401 g/mol. The van der Waals surface area contributed by atoms with Crippen LogP contribution in [0.3, 0.4) is 0 Å². The van der Waals surface area contributed by atoms with Crippen LogP contribution in [0, 0.1) is 0 Å². The second-order valence-corrected chi connectivity index (χ2v) is 9.58. The molecule has 1 aliphatic heterocycles. The number of anilines is 1. The van der Waals surface area contributed by atoms with Crippen molar-refractivity contribution in [1.82, 2.24) is 15.0 Å². The van der Waals surface area contributed by atoms with Gasteiger partial charge in [0.05, 0.1) is 36.4 Å². The number of pyridine rings is 1. The molecule has 1 aliphatic carbocycles. The van der Waals surface area contributed by atoms with Gasteiger partial charge in [-0.15, -0.1) is 11.3 Å². The summed E-state index contributed by atoms with van der Waals surface area (Å²) in [6.07, 6.45) is 5.64. The van der Waals surface area contributed by atoms with E-state index in [1.807, 2.05) is 0 Å². The lowest BCUT2D eigenvalue weighted by atomic mass is 9.99. The number of nitrogens with zero attached hydrogens (tertiary/aromatic N) is 4. The van der Waals surface area contributed by atoms with Crippen molar-refractivity contribution >= 4 is 49.3 Å². The highest BCUT2D eigenvalue weighted by Crippen LogP contribution is 2.43. The van der Waals surface area contributed by atoms with Gasteiger partial charge in [0.1, 0.15) is 4.83 Å². The molecule has 2 aliphatic rings. The van der Waals surface area contributed by atoms with Crippen molar-refractivity contribution in [2.24, 2.45) is 0 Å². The van der Waals surface area contributed by atoms with Crippen LogP contribution in [0.1, 0.15) is 43.0 Å². The lowest BCUT2D eigenvalue weighted by molar-refractivity contribution is -0.655. The van der Waals surface area contributed by atoms with Gasteiger partial charge < -0.3 is 10.2 Å². The van der Waals surface area contributed by atoms with Crippen LogP contribution in [-0.2, 0) is 12.8 Å². The molecule has 0 amide bonds. The highest BCUT2D eigenvalue weighted by molar-refractivity contribution is 7.98. The molecule has 1 fully saturated rings. The number of nitrogens with two attached hydrogens (primary N) is 1. The van der Waals surface area contributed by atoms with Gasteiger partial charge in [0.15, 0.2) is 11.0 Å². The molecule has 2 N–H and O–H groups in total. The number of piperazine rings is 1. The van der Waals surface area contributed by atoms with Gasteiger partial charge in [-0.1, -0.05) is 25.6 Å². The summed E-state index contributed by atoms with van der Waals surface area (Å²) in [6.45, 7) is 8.91. The van der Waals surface area contributed by atoms with Gasteiger partial charge >= 0.3 is 0 Å². The third-order valence-corrected chi connectivity index (χ3v) is 7.38.